The number of benzene rings is 2. The van der Waals surface area contributed by atoms with Crippen LogP contribution in [-0.2, 0) is 6.42 Å². The van der Waals surface area contributed by atoms with Gasteiger partial charge in [0.05, 0.1) is 17.0 Å². The molecule has 1 aliphatic carbocycles. The van der Waals surface area contributed by atoms with Crippen LogP contribution in [0.4, 0.5) is 4.39 Å². The maximum Gasteiger partial charge on any atom is 0.167 e. The highest BCUT2D eigenvalue weighted by molar-refractivity contribution is 6.00. The smallest absolute Gasteiger partial charge is 0.167 e. The van der Waals surface area contributed by atoms with E-state index in [4.69, 9.17) is 0 Å². The van der Waals surface area contributed by atoms with Crippen LogP contribution in [0.5, 0.6) is 0 Å². The van der Waals surface area contributed by atoms with Crippen LogP contribution in [0.3, 0.4) is 0 Å². The zero-order chi connectivity index (χ0) is 16.7. The Balaban J connectivity index is 1.78. The molecule has 0 N–H and O–H groups in total. The predicted octanol–water partition coefficient (Wildman–Crippen LogP) is 4.23. The molecule has 4 heteroatoms. The lowest BCUT2D eigenvalue weighted by molar-refractivity contribution is 0.0963. The highest BCUT2D eigenvalue weighted by Crippen LogP contribution is 2.34. The second-order valence-electron chi connectivity index (χ2n) is 6.21. The van der Waals surface area contributed by atoms with Crippen molar-refractivity contribution in [2.75, 3.05) is 0 Å². The number of aromatic nitrogens is 2. The first-order chi connectivity index (χ1) is 11.6. The summed E-state index contributed by atoms with van der Waals surface area (Å²) in [5.74, 6) is -0.118. The Morgan fingerprint density at radius 3 is 2.50 bits per heavy atom. The number of carbonyl (C=O) groups excluding carboxylic acids is 1. The lowest BCUT2D eigenvalue weighted by atomic mass is 9.82. The minimum Gasteiger partial charge on any atom is -0.294 e. The first-order valence-corrected chi connectivity index (χ1v) is 8.06. The molecule has 0 spiro atoms. The summed E-state index contributed by atoms with van der Waals surface area (Å²) in [5.41, 5.74) is 3.67. The van der Waals surface area contributed by atoms with E-state index in [0.717, 1.165) is 11.3 Å². The van der Waals surface area contributed by atoms with Crippen LogP contribution in [0.15, 0.2) is 54.6 Å². The molecule has 0 saturated heterocycles. The van der Waals surface area contributed by atoms with Crippen molar-refractivity contribution in [1.29, 1.82) is 0 Å². The van der Waals surface area contributed by atoms with Crippen molar-refractivity contribution in [3.8, 4) is 5.69 Å². The molecule has 4 rings (SSSR count). The Bertz CT molecular complexity index is 915. The van der Waals surface area contributed by atoms with Crippen molar-refractivity contribution < 1.29 is 9.18 Å². The SMILES string of the molecule is Cc1c2c(nn1-c1ccccc1F)CC(c1ccccc1)CC2=O. The van der Waals surface area contributed by atoms with Gasteiger partial charge in [-0.15, -0.1) is 0 Å². The first kappa shape index (κ1) is 14.8. The fraction of sp³-hybridized carbons (Fsp3) is 0.200. The molecule has 0 saturated carbocycles. The third kappa shape index (κ3) is 2.35. The van der Waals surface area contributed by atoms with Gasteiger partial charge in [-0.2, -0.15) is 5.10 Å². The molecule has 1 aliphatic rings. The standard InChI is InChI=1S/C20H17FN2O/c1-13-20-17(22-23(13)18-10-6-5-9-16(18)21)11-15(12-19(20)24)14-7-3-2-4-8-14/h2-10,15H,11-12H2,1H3. The minimum atomic E-state index is -0.340. The number of carbonyl (C=O) groups is 1. The van der Waals surface area contributed by atoms with Crippen molar-refractivity contribution >= 4 is 5.78 Å². The van der Waals surface area contributed by atoms with Crippen molar-refractivity contribution in [1.82, 2.24) is 9.78 Å². The van der Waals surface area contributed by atoms with Crippen molar-refractivity contribution in [3.63, 3.8) is 0 Å². The number of hydrogen-bond acceptors (Lipinski definition) is 2. The topological polar surface area (TPSA) is 34.9 Å². The van der Waals surface area contributed by atoms with E-state index in [9.17, 15) is 9.18 Å². The van der Waals surface area contributed by atoms with E-state index < -0.39 is 0 Å². The summed E-state index contributed by atoms with van der Waals surface area (Å²) in [4.78, 5) is 12.7. The summed E-state index contributed by atoms with van der Waals surface area (Å²) in [6.45, 7) is 1.83. The summed E-state index contributed by atoms with van der Waals surface area (Å²) in [7, 11) is 0. The molecule has 0 aliphatic heterocycles. The van der Waals surface area contributed by atoms with Crippen LogP contribution in [0, 0.1) is 12.7 Å². The fourth-order valence-corrected chi connectivity index (χ4v) is 3.52. The monoisotopic (exact) mass is 320 g/mol. The molecule has 2 aromatic carbocycles. The van der Waals surface area contributed by atoms with E-state index in [1.54, 1.807) is 22.9 Å². The number of fused-ring (bicyclic) bond motifs is 1. The third-order valence-electron chi connectivity index (χ3n) is 4.69. The molecule has 0 amide bonds. The maximum absolute atomic E-state index is 14.1. The zero-order valence-electron chi connectivity index (χ0n) is 13.4. The van der Waals surface area contributed by atoms with E-state index in [0.29, 0.717) is 29.8 Å². The number of rotatable bonds is 2. The normalized spacial score (nSPS) is 16.9. The average Bonchev–Trinajstić information content (AvgIpc) is 2.93. The molecular weight excluding hydrogens is 303 g/mol. The van der Waals surface area contributed by atoms with Gasteiger partial charge in [-0.1, -0.05) is 42.5 Å². The quantitative estimate of drug-likeness (QED) is 0.708. The second-order valence-corrected chi connectivity index (χ2v) is 6.21. The largest absolute Gasteiger partial charge is 0.294 e. The second kappa shape index (κ2) is 5.71. The third-order valence-corrected chi connectivity index (χ3v) is 4.69. The van der Waals surface area contributed by atoms with Gasteiger partial charge in [-0.3, -0.25) is 4.79 Å². The summed E-state index contributed by atoms with van der Waals surface area (Å²) in [6, 6.07) is 16.5. The molecule has 1 atom stereocenters. The fourth-order valence-electron chi connectivity index (χ4n) is 3.52. The molecule has 0 fully saturated rings. The lowest BCUT2D eigenvalue weighted by Crippen LogP contribution is -2.18. The number of nitrogens with zero attached hydrogens (tertiary/aromatic N) is 2. The van der Waals surface area contributed by atoms with E-state index in [1.807, 2.05) is 37.3 Å². The van der Waals surface area contributed by atoms with Crippen molar-refractivity contribution in [3.05, 3.63) is 82.9 Å². The number of para-hydroxylation sites is 1. The number of hydrogen-bond donors (Lipinski definition) is 0. The Kier molecular flexibility index (Phi) is 3.53. The van der Waals surface area contributed by atoms with Crippen molar-refractivity contribution in [2.24, 2.45) is 0 Å². The Morgan fingerprint density at radius 2 is 1.75 bits per heavy atom. The molecule has 0 bridgehead atoms. The molecule has 3 nitrogen and oxygen atoms in total. The number of halogens is 1. The van der Waals surface area contributed by atoms with Crippen LogP contribution < -0.4 is 0 Å². The Labute approximate surface area is 139 Å². The van der Waals surface area contributed by atoms with Gasteiger partial charge in [-0.25, -0.2) is 9.07 Å². The van der Waals surface area contributed by atoms with Crippen LogP contribution in [-0.4, -0.2) is 15.6 Å². The minimum absolute atomic E-state index is 0.0881. The van der Waals surface area contributed by atoms with Gasteiger partial charge in [0, 0.05) is 6.42 Å². The summed E-state index contributed by atoms with van der Waals surface area (Å²) in [5, 5.41) is 4.56. The molecule has 24 heavy (non-hydrogen) atoms. The number of ketones is 1. The number of Topliss-reactive ketones (excluding diaryl/α,β-unsaturated/α-hetero) is 1. The van der Waals surface area contributed by atoms with E-state index >= 15 is 0 Å². The molecule has 120 valence electrons. The molecule has 1 unspecified atom stereocenters. The molecule has 1 heterocycles. The molecule has 1 aromatic heterocycles. The van der Waals surface area contributed by atoms with Gasteiger partial charge in [0.25, 0.3) is 0 Å². The molecule has 0 radical (unpaired) electrons. The highest BCUT2D eigenvalue weighted by Gasteiger charge is 2.31. The maximum atomic E-state index is 14.1. The van der Waals surface area contributed by atoms with E-state index in [2.05, 4.69) is 5.10 Å². The van der Waals surface area contributed by atoms with E-state index in [1.165, 1.54) is 6.07 Å². The molecular formula is C20H17FN2O. The Hall–Kier alpha value is -2.75. The van der Waals surface area contributed by atoms with Gasteiger partial charge in [0.1, 0.15) is 11.5 Å². The predicted molar refractivity (Wildman–Crippen MR) is 90.1 cm³/mol. The van der Waals surface area contributed by atoms with E-state index in [-0.39, 0.29) is 17.5 Å². The molecule has 3 aromatic rings. The Morgan fingerprint density at radius 1 is 1.04 bits per heavy atom. The van der Waals surface area contributed by atoms with Crippen LogP contribution >= 0.6 is 0 Å². The van der Waals surface area contributed by atoms with Crippen LogP contribution in [0.1, 0.15) is 39.6 Å². The van der Waals surface area contributed by atoms with Gasteiger partial charge < -0.3 is 0 Å². The first-order valence-electron chi connectivity index (χ1n) is 8.06. The van der Waals surface area contributed by atoms with Gasteiger partial charge in [0.15, 0.2) is 5.78 Å². The average molecular weight is 320 g/mol. The summed E-state index contributed by atoms with van der Waals surface area (Å²) < 4.78 is 15.7. The summed E-state index contributed by atoms with van der Waals surface area (Å²) in [6.07, 6.45) is 1.17. The van der Waals surface area contributed by atoms with Crippen LogP contribution in [0.2, 0.25) is 0 Å². The lowest BCUT2D eigenvalue weighted by Gasteiger charge is -2.20. The highest BCUT2D eigenvalue weighted by atomic mass is 19.1. The van der Waals surface area contributed by atoms with Gasteiger partial charge >= 0.3 is 0 Å². The van der Waals surface area contributed by atoms with Gasteiger partial charge in [0.2, 0.25) is 0 Å². The van der Waals surface area contributed by atoms with Crippen LogP contribution in [0.25, 0.3) is 5.69 Å². The van der Waals surface area contributed by atoms with Gasteiger partial charge in [-0.05, 0) is 37.0 Å². The summed E-state index contributed by atoms with van der Waals surface area (Å²) >= 11 is 0. The zero-order valence-corrected chi connectivity index (χ0v) is 13.4. The van der Waals surface area contributed by atoms with Crippen molar-refractivity contribution in [2.45, 2.75) is 25.7 Å².